The molecular weight excluding hydrogens is 392 g/mol. The Labute approximate surface area is 168 Å². The van der Waals surface area contributed by atoms with E-state index in [0.29, 0.717) is 16.2 Å². The number of aryl methyl sites for hydroxylation is 1. The van der Waals surface area contributed by atoms with Crippen molar-refractivity contribution in [2.45, 2.75) is 6.92 Å². The largest absolute Gasteiger partial charge is 0.487 e. The summed E-state index contributed by atoms with van der Waals surface area (Å²) in [6.07, 6.45) is 0. The summed E-state index contributed by atoms with van der Waals surface area (Å²) in [4.78, 5) is 26.6. The summed E-state index contributed by atoms with van der Waals surface area (Å²) in [6, 6.07) is 15.6. The van der Waals surface area contributed by atoms with Gasteiger partial charge in [0.1, 0.15) is 0 Å². The molecule has 5 rings (SSSR count). The predicted molar refractivity (Wildman–Crippen MR) is 113 cm³/mol. The number of rotatable bonds is 3. The minimum Gasteiger partial charge on any atom is -0.487 e. The predicted octanol–water partition coefficient (Wildman–Crippen LogP) is 5.43. The molecule has 0 fully saturated rings. The molecule has 0 unspecified atom stereocenters. The molecular formula is C22H14O4S2. The molecule has 3 heterocycles. The van der Waals surface area contributed by atoms with Crippen LogP contribution in [0.2, 0.25) is 0 Å². The number of carbonyl (C=O) groups excluding carboxylic acids is 2. The van der Waals surface area contributed by atoms with Gasteiger partial charge >= 0.3 is 11.9 Å². The molecule has 0 amide bonds. The Balaban J connectivity index is 1.91. The van der Waals surface area contributed by atoms with E-state index in [0.717, 1.165) is 30.6 Å². The number of hydrogen-bond acceptors (Lipinski definition) is 6. The summed E-state index contributed by atoms with van der Waals surface area (Å²) in [5.41, 5.74) is 2.00. The normalized spacial score (nSPS) is 14.4. The molecule has 0 atom stereocenters. The van der Waals surface area contributed by atoms with Gasteiger partial charge in [0.2, 0.25) is 0 Å². The maximum absolute atomic E-state index is 12.8. The van der Waals surface area contributed by atoms with Crippen LogP contribution in [0.15, 0.2) is 48.5 Å². The van der Waals surface area contributed by atoms with Gasteiger partial charge in [-0.2, -0.15) is 0 Å². The highest BCUT2D eigenvalue weighted by molar-refractivity contribution is 7.21. The monoisotopic (exact) mass is 406 g/mol. The van der Waals surface area contributed by atoms with Crippen molar-refractivity contribution in [3.05, 3.63) is 64.5 Å². The maximum Gasteiger partial charge on any atom is 0.347 e. The quantitative estimate of drug-likeness (QED) is 0.336. The Morgan fingerprint density at radius 1 is 0.786 bits per heavy atom. The highest BCUT2D eigenvalue weighted by Gasteiger charge is 2.39. The van der Waals surface area contributed by atoms with Gasteiger partial charge in [-0.05, 0) is 19.1 Å². The molecule has 0 N–H and O–H groups in total. The number of esters is 2. The topological polar surface area (TPSA) is 52.6 Å². The van der Waals surface area contributed by atoms with Crippen molar-refractivity contribution in [3.8, 4) is 5.06 Å². The van der Waals surface area contributed by atoms with Crippen LogP contribution in [0.3, 0.4) is 0 Å². The fourth-order valence-electron chi connectivity index (χ4n) is 3.73. The zero-order valence-corrected chi connectivity index (χ0v) is 16.7. The van der Waals surface area contributed by atoms with Crippen LogP contribution in [0.4, 0.5) is 0 Å². The van der Waals surface area contributed by atoms with Crippen LogP contribution in [0, 0.1) is 6.92 Å². The second kappa shape index (κ2) is 6.29. The summed E-state index contributed by atoms with van der Waals surface area (Å²) in [5, 5.41) is 2.42. The summed E-state index contributed by atoms with van der Waals surface area (Å²) in [5.74, 6) is -1.24. The number of hydrogen-bond donors (Lipinski definition) is 0. The second-order valence-electron chi connectivity index (χ2n) is 6.42. The molecule has 0 aliphatic carbocycles. The molecule has 28 heavy (non-hydrogen) atoms. The SMILES string of the molecule is COc1sc2ccccc2c1C1=C(c2c(C)sc3ccccc23)C(=O)OC1=O. The summed E-state index contributed by atoms with van der Waals surface area (Å²) in [6.45, 7) is 1.96. The molecule has 2 aromatic heterocycles. The van der Waals surface area contributed by atoms with Crippen LogP contribution in [0.5, 0.6) is 5.06 Å². The number of thiophene rings is 2. The van der Waals surface area contributed by atoms with Crippen LogP contribution < -0.4 is 4.74 Å². The Kier molecular flexibility index (Phi) is 3.86. The third kappa shape index (κ3) is 2.35. The molecule has 0 radical (unpaired) electrons. The lowest BCUT2D eigenvalue weighted by atomic mass is 9.94. The van der Waals surface area contributed by atoms with E-state index in [-0.39, 0.29) is 5.57 Å². The molecule has 138 valence electrons. The molecule has 0 saturated carbocycles. The van der Waals surface area contributed by atoms with Gasteiger partial charge in [0.25, 0.3) is 0 Å². The van der Waals surface area contributed by atoms with Gasteiger partial charge in [0, 0.05) is 30.6 Å². The van der Waals surface area contributed by atoms with Crippen LogP contribution in [0.25, 0.3) is 31.3 Å². The van der Waals surface area contributed by atoms with E-state index in [1.54, 1.807) is 18.4 Å². The first-order chi connectivity index (χ1) is 13.6. The minimum absolute atomic E-state index is 0.283. The third-order valence-corrected chi connectivity index (χ3v) is 7.08. The number of ether oxygens (including phenoxy) is 2. The van der Waals surface area contributed by atoms with Crippen molar-refractivity contribution < 1.29 is 19.1 Å². The molecule has 0 saturated heterocycles. The van der Waals surface area contributed by atoms with Gasteiger partial charge in [-0.1, -0.05) is 47.7 Å². The second-order valence-corrected chi connectivity index (χ2v) is 8.69. The highest BCUT2D eigenvalue weighted by Crippen LogP contribution is 2.48. The maximum atomic E-state index is 12.8. The van der Waals surface area contributed by atoms with Crippen molar-refractivity contribution in [3.63, 3.8) is 0 Å². The van der Waals surface area contributed by atoms with E-state index in [2.05, 4.69) is 0 Å². The van der Waals surface area contributed by atoms with Gasteiger partial charge < -0.3 is 9.47 Å². The number of carbonyl (C=O) groups is 2. The molecule has 0 spiro atoms. The van der Waals surface area contributed by atoms with Crippen LogP contribution in [-0.4, -0.2) is 19.0 Å². The van der Waals surface area contributed by atoms with Crippen LogP contribution in [-0.2, 0) is 14.3 Å². The van der Waals surface area contributed by atoms with Crippen molar-refractivity contribution in [1.82, 2.24) is 0 Å². The van der Waals surface area contributed by atoms with Crippen LogP contribution in [0.1, 0.15) is 16.0 Å². The van der Waals surface area contributed by atoms with E-state index in [4.69, 9.17) is 9.47 Å². The van der Waals surface area contributed by atoms with E-state index in [1.165, 1.54) is 11.3 Å². The molecule has 0 bridgehead atoms. The van der Waals surface area contributed by atoms with Crippen molar-refractivity contribution in [1.29, 1.82) is 0 Å². The lowest BCUT2D eigenvalue weighted by Gasteiger charge is -2.06. The van der Waals surface area contributed by atoms with Gasteiger partial charge in [0.15, 0.2) is 5.06 Å². The van der Waals surface area contributed by atoms with Gasteiger partial charge in [-0.15, -0.1) is 11.3 Å². The summed E-state index contributed by atoms with van der Waals surface area (Å²) >= 11 is 3.05. The zero-order valence-electron chi connectivity index (χ0n) is 15.1. The fraction of sp³-hybridized carbons (Fsp3) is 0.0909. The fourth-order valence-corrected chi connectivity index (χ4v) is 5.82. The smallest absolute Gasteiger partial charge is 0.347 e. The third-order valence-electron chi connectivity index (χ3n) is 4.86. The standard InChI is InChI=1S/C22H14O4S2/c1-11-16(12-7-3-5-9-14(12)27-11)18-19(21(24)26-20(18)23)17-13-8-4-6-10-15(13)28-22(17)25-2/h3-10H,1-2H3. The minimum atomic E-state index is -0.628. The number of methoxy groups -OCH3 is 1. The van der Waals surface area contributed by atoms with E-state index >= 15 is 0 Å². The highest BCUT2D eigenvalue weighted by atomic mass is 32.1. The lowest BCUT2D eigenvalue weighted by molar-refractivity contribution is -0.149. The molecule has 1 aliphatic heterocycles. The van der Waals surface area contributed by atoms with Crippen molar-refractivity contribution >= 4 is 65.9 Å². The Bertz CT molecular complexity index is 1320. The van der Waals surface area contributed by atoms with E-state index < -0.39 is 11.9 Å². The van der Waals surface area contributed by atoms with E-state index in [9.17, 15) is 9.59 Å². The molecule has 4 aromatic rings. The molecule has 2 aromatic carbocycles. The first-order valence-corrected chi connectivity index (χ1v) is 10.3. The van der Waals surface area contributed by atoms with Crippen LogP contribution >= 0.6 is 22.7 Å². The average Bonchev–Trinajstić information content (AvgIpc) is 3.31. The number of fused-ring (bicyclic) bond motifs is 2. The molecule has 4 nitrogen and oxygen atoms in total. The Morgan fingerprint density at radius 3 is 1.96 bits per heavy atom. The van der Waals surface area contributed by atoms with Crippen molar-refractivity contribution in [2.75, 3.05) is 7.11 Å². The summed E-state index contributed by atoms with van der Waals surface area (Å²) < 4.78 is 12.7. The molecule has 1 aliphatic rings. The van der Waals surface area contributed by atoms with Gasteiger partial charge in [0.05, 0.1) is 23.8 Å². The van der Waals surface area contributed by atoms with Gasteiger partial charge in [-0.3, -0.25) is 0 Å². The zero-order chi connectivity index (χ0) is 19.4. The van der Waals surface area contributed by atoms with E-state index in [1.807, 2.05) is 55.5 Å². The number of benzene rings is 2. The average molecular weight is 406 g/mol. The Morgan fingerprint density at radius 2 is 1.32 bits per heavy atom. The first-order valence-electron chi connectivity index (χ1n) is 8.65. The first kappa shape index (κ1) is 17.2. The Hall–Kier alpha value is -2.96. The summed E-state index contributed by atoms with van der Waals surface area (Å²) in [7, 11) is 1.57. The lowest BCUT2D eigenvalue weighted by Crippen LogP contribution is -2.02. The van der Waals surface area contributed by atoms with Gasteiger partial charge in [-0.25, -0.2) is 9.59 Å². The van der Waals surface area contributed by atoms with Crippen molar-refractivity contribution in [2.24, 2.45) is 0 Å². The molecule has 6 heteroatoms. The number of cyclic esters (lactones) is 2.